The first-order valence-corrected chi connectivity index (χ1v) is 6.94. The van der Waals surface area contributed by atoms with Crippen molar-refractivity contribution in [2.75, 3.05) is 0 Å². The molecule has 0 aliphatic carbocycles. The van der Waals surface area contributed by atoms with Crippen molar-refractivity contribution < 1.29 is 4.74 Å². The van der Waals surface area contributed by atoms with Gasteiger partial charge in [-0.3, -0.25) is 4.98 Å². The van der Waals surface area contributed by atoms with Crippen molar-refractivity contribution in [1.29, 1.82) is 0 Å². The molecule has 5 heteroatoms. The zero-order valence-electron chi connectivity index (χ0n) is 10.1. The van der Waals surface area contributed by atoms with Crippen molar-refractivity contribution in [2.45, 2.75) is 0 Å². The maximum absolute atomic E-state index is 6.12. The Morgan fingerprint density at radius 3 is 2.55 bits per heavy atom. The second kappa shape index (κ2) is 5.49. The fourth-order valence-electron chi connectivity index (χ4n) is 1.88. The van der Waals surface area contributed by atoms with Crippen LogP contribution in [0.15, 0.2) is 48.7 Å². The Morgan fingerprint density at radius 2 is 1.70 bits per heavy atom. The highest BCUT2D eigenvalue weighted by Gasteiger charge is 2.09. The van der Waals surface area contributed by atoms with Crippen molar-refractivity contribution in [3.05, 3.63) is 63.7 Å². The summed E-state index contributed by atoms with van der Waals surface area (Å²) < 4.78 is 5.84. The summed E-state index contributed by atoms with van der Waals surface area (Å²) in [4.78, 5) is 4.25. The Kier molecular flexibility index (Phi) is 3.70. The Balaban J connectivity index is 2.11. The van der Waals surface area contributed by atoms with Crippen molar-refractivity contribution in [3.63, 3.8) is 0 Å². The number of fused-ring (bicyclic) bond motifs is 1. The standard InChI is InChI=1S/C15H8Cl3NO/c16-9-4-5-11(17)14(8-9)20-13-6-7-19-15-10(13)2-1-3-12(15)18/h1-8H. The molecule has 0 spiro atoms. The van der Waals surface area contributed by atoms with E-state index < -0.39 is 0 Å². The van der Waals surface area contributed by atoms with E-state index in [0.717, 1.165) is 5.39 Å². The average molecular weight is 325 g/mol. The molecule has 3 aromatic rings. The summed E-state index contributed by atoms with van der Waals surface area (Å²) in [7, 11) is 0. The Hall–Kier alpha value is -1.48. The molecule has 0 atom stereocenters. The summed E-state index contributed by atoms with van der Waals surface area (Å²) in [5, 5.41) is 2.43. The zero-order chi connectivity index (χ0) is 14.1. The minimum atomic E-state index is 0.487. The molecule has 0 bridgehead atoms. The SMILES string of the molecule is Clc1ccc(Cl)c(Oc2ccnc3c(Cl)cccc23)c1. The number of hydrogen-bond acceptors (Lipinski definition) is 2. The normalized spacial score (nSPS) is 10.8. The monoisotopic (exact) mass is 323 g/mol. The molecular weight excluding hydrogens is 317 g/mol. The summed E-state index contributed by atoms with van der Waals surface area (Å²) in [6.07, 6.45) is 1.64. The van der Waals surface area contributed by atoms with E-state index in [1.807, 2.05) is 12.1 Å². The number of benzene rings is 2. The second-order valence-corrected chi connectivity index (χ2v) is 5.37. The molecule has 3 rings (SSSR count). The van der Waals surface area contributed by atoms with Gasteiger partial charge in [-0.05, 0) is 30.3 Å². The number of ether oxygens (including phenoxy) is 1. The molecule has 0 saturated carbocycles. The van der Waals surface area contributed by atoms with Gasteiger partial charge in [-0.2, -0.15) is 0 Å². The summed E-state index contributed by atoms with van der Waals surface area (Å²) in [5.74, 6) is 1.12. The van der Waals surface area contributed by atoms with Gasteiger partial charge in [0.2, 0.25) is 0 Å². The van der Waals surface area contributed by atoms with Crippen LogP contribution in [0.2, 0.25) is 15.1 Å². The number of pyridine rings is 1. The van der Waals surface area contributed by atoms with Crippen LogP contribution in [-0.4, -0.2) is 4.98 Å². The topological polar surface area (TPSA) is 22.1 Å². The van der Waals surface area contributed by atoms with Crippen molar-refractivity contribution in [2.24, 2.45) is 0 Å². The molecule has 20 heavy (non-hydrogen) atoms. The van der Waals surface area contributed by atoms with Gasteiger partial charge in [0.1, 0.15) is 11.5 Å². The molecule has 0 N–H and O–H groups in total. The number of rotatable bonds is 2. The van der Waals surface area contributed by atoms with Crippen LogP contribution in [0.5, 0.6) is 11.5 Å². The molecule has 0 amide bonds. The summed E-state index contributed by atoms with van der Waals surface area (Å²) in [6.45, 7) is 0. The quantitative estimate of drug-likeness (QED) is 0.578. The number of aromatic nitrogens is 1. The summed E-state index contributed by atoms with van der Waals surface area (Å²) in [5.41, 5.74) is 0.685. The Morgan fingerprint density at radius 1 is 0.850 bits per heavy atom. The molecule has 0 saturated heterocycles. The van der Waals surface area contributed by atoms with Gasteiger partial charge in [-0.1, -0.05) is 40.9 Å². The van der Waals surface area contributed by atoms with Crippen molar-refractivity contribution in [3.8, 4) is 11.5 Å². The first-order chi connectivity index (χ1) is 9.65. The average Bonchev–Trinajstić information content (AvgIpc) is 2.44. The molecule has 0 unspecified atom stereocenters. The van der Waals surface area contributed by atoms with Crippen LogP contribution < -0.4 is 4.74 Å². The van der Waals surface area contributed by atoms with E-state index in [0.29, 0.717) is 32.1 Å². The molecule has 2 aromatic carbocycles. The molecule has 0 fully saturated rings. The number of para-hydroxylation sites is 1. The number of halogens is 3. The van der Waals surface area contributed by atoms with Gasteiger partial charge < -0.3 is 4.74 Å². The lowest BCUT2D eigenvalue weighted by molar-refractivity contribution is 0.488. The maximum Gasteiger partial charge on any atom is 0.147 e. The van der Waals surface area contributed by atoms with E-state index in [2.05, 4.69) is 4.98 Å². The summed E-state index contributed by atoms with van der Waals surface area (Å²) >= 11 is 18.2. The van der Waals surface area contributed by atoms with Gasteiger partial charge in [0.25, 0.3) is 0 Å². The van der Waals surface area contributed by atoms with Crippen LogP contribution in [0, 0.1) is 0 Å². The Labute approximate surface area is 130 Å². The zero-order valence-corrected chi connectivity index (χ0v) is 12.4. The first-order valence-electron chi connectivity index (χ1n) is 5.81. The number of hydrogen-bond donors (Lipinski definition) is 0. The predicted octanol–water partition coefficient (Wildman–Crippen LogP) is 5.99. The van der Waals surface area contributed by atoms with E-state index in [-0.39, 0.29) is 0 Å². The van der Waals surface area contributed by atoms with Crippen molar-refractivity contribution in [1.82, 2.24) is 4.98 Å². The van der Waals surface area contributed by atoms with E-state index in [4.69, 9.17) is 39.5 Å². The summed E-state index contributed by atoms with van der Waals surface area (Å²) in [6, 6.07) is 12.3. The van der Waals surface area contributed by atoms with Crippen LogP contribution >= 0.6 is 34.8 Å². The third kappa shape index (κ3) is 2.55. The Bertz CT molecular complexity index is 789. The fraction of sp³-hybridized carbons (Fsp3) is 0. The predicted molar refractivity (Wildman–Crippen MR) is 83.3 cm³/mol. The fourth-order valence-corrected chi connectivity index (χ4v) is 2.42. The van der Waals surface area contributed by atoms with E-state index in [1.54, 1.807) is 36.5 Å². The van der Waals surface area contributed by atoms with Crippen LogP contribution in [-0.2, 0) is 0 Å². The lowest BCUT2D eigenvalue weighted by Gasteiger charge is -2.10. The minimum Gasteiger partial charge on any atom is -0.455 e. The van der Waals surface area contributed by atoms with Gasteiger partial charge >= 0.3 is 0 Å². The molecule has 0 aliphatic heterocycles. The van der Waals surface area contributed by atoms with Gasteiger partial charge in [0, 0.05) is 22.7 Å². The highest BCUT2D eigenvalue weighted by atomic mass is 35.5. The molecule has 1 heterocycles. The first kappa shape index (κ1) is 13.5. The lowest BCUT2D eigenvalue weighted by Crippen LogP contribution is -1.89. The molecular formula is C15H8Cl3NO. The maximum atomic E-state index is 6.12. The van der Waals surface area contributed by atoms with Gasteiger partial charge in [0.05, 0.1) is 15.6 Å². The number of nitrogens with zero attached hydrogens (tertiary/aromatic N) is 1. The minimum absolute atomic E-state index is 0.487. The third-order valence-electron chi connectivity index (χ3n) is 2.79. The van der Waals surface area contributed by atoms with E-state index in [9.17, 15) is 0 Å². The van der Waals surface area contributed by atoms with Crippen LogP contribution in [0.1, 0.15) is 0 Å². The van der Waals surface area contributed by atoms with Gasteiger partial charge in [-0.15, -0.1) is 0 Å². The second-order valence-electron chi connectivity index (χ2n) is 4.12. The molecule has 1 aromatic heterocycles. The lowest BCUT2D eigenvalue weighted by atomic mass is 10.2. The molecule has 100 valence electrons. The molecule has 0 radical (unpaired) electrons. The third-order valence-corrected chi connectivity index (χ3v) is 3.65. The van der Waals surface area contributed by atoms with Crippen LogP contribution in [0.3, 0.4) is 0 Å². The van der Waals surface area contributed by atoms with Crippen LogP contribution in [0.25, 0.3) is 10.9 Å². The van der Waals surface area contributed by atoms with Crippen LogP contribution in [0.4, 0.5) is 0 Å². The largest absolute Gasteiger partial charge is 0.455 e. The smallest absolute Gasteiger partial charge is 0.147 e. The van der Waals surface area contributed by atoms with E-state index >= 15 is 0 Å². The molecule has 2 nitrogen and oxygen atoms in total. The molecule has 0 aliphatic rings. The highest BCUT2D eigenvalue weighted by Crippen LogP contribution is 2.35. The van der Waals surface area contributed by atoms with Gasteiger partial charge in [-0.25, -0.2) is 0 Å². The van der Waals surface area contributed by atoms with Crippen molar-refractivity contribution >= 4 is 45.7 Å². The van der Waals surface area contributed by atoms with E-state index in [1.165, 1.54) is 0 Å². The highest BCUT2D eigenvalue weighted by molar-refractivity contribution is 6.35. The van der Waals surface area contributed by atoms with Gasteiger partial charge in [0.15, 0.2) is 0 Å².